The molecule has 0 amide bonds. The van der Waals surface area contributed by atoms with Gasteiger partial charge >= 0.3 is 0 Å². The lowest BCUT2D eigenvalue weighted by Crippen LogP contribution is -2.12. The first-order valence-electron chi connectivity index (χ1n) is 5.18. The van der Waals surface area contributed by atoms with Crippen molar-refractivity contribution in [3.8, 4) is 5.75 Å². The number of nitrogens with one attached hydrogen (secondary N) is 1. The molecule has 6 heteroatoms. The third-order valence-electron chi connectivity index (χ3n) is 2.26. The van der Waals surface area contributed by atoms with E-state index in [-0.39, 0.29) is 12.4 Å². The van der Waals surface area contributed by atoms with Crippen molar-refractivity contribution in [3.63, 3.8) is 0 Å². The SMILES string of the molecule is NNc1ncccc1COc1cc(F)cc(Br)c1. The highest BCUT2D eigenvalue weighted by Gasteiger charge is 2.04. The molecule has 0 atom stereocenters. The van der Waals surface area contributed by atoms with Crippen LogP contribution in [0.2, 0.25) is 0 Å². The number of hydrazine groups is 1. The molecule has 18 heavy (non-hydrogen) atoms. The fourth-order valence-corrected chi connectivity index (χ4v) is 1.90. The Bertz CT molecular complexity index is 530. The average Bonchev–Trinajstić information content (AvgIpc) is 2.35. The molecule has 1 heterocycles. The fraction of sp³-hybridized carbons (Fsp3) is 0.0833. The van der Waals surface area contributed by atoms with Gasteiger partial charge in [0.2, 0.25) is 0 Å². The first kappa shape index (κ1) is 12.8. The lowest BCUT2D eigenvalue weighted by Gasteiger charge is -2.09. The zero-order chi connectivity index (χ0) is 13.0. The Hall–Kier alpha value is -1.66. The Balaban J connectivity index is 2.11. The molecule has 0 unspecified atom stereocenters. The van der Waals surface area contributed by atoms with Crippen LogP contribution in [0.4, 0.5) is 10.2 Å². The molecule has 4 nitrogen and oxygen atoms in total. The molecular formula is C12H11BrFN3O. The average molecular weight is 312 g/mol. The van der Waals surface area contributed by atoms with E-state index in [1.807, 2.05) is 6.07 Å². The second-order valence-electron chi connectivity index (χ2n) is 3.55. The smallest absolute Gasteiger partial charge is 0.146 e. The zero-order valence-electron chi connectivity index (χ0n) is 9.36. The number of pyridine rings is 1. The van der Waals surface area contributed by atoms with Gasteiger partial charge in [-0.1, -0.05) is 22.0 Å². The molecule has 1 aromatic heterocycles. The number of benzene rings is 1. The van der Waals surface area contributed by atoms with Gasteiger partial charge in [-0.15, -0.1) is 0 Å². The van der Waals surface area contributed by atoms with Crippen molar-refractivity contribution in [3.05, 3.63) is 52.4 Å². The van der Waals surface area contributed by atoms with Crippen LogP contribution in [-0.4, -0.2) is 4.98 Å². The maximum absolute atomic E-state index is 13.1. The number of nitrogen functional groups attached to an aromatic ring is 1. The first-order chi connectivity index (χ1) is 8.69. The van der Waals surface area contributed by atoms with Gasteiger partial charge in [0, 0.05) is 22.3 Å². The van der Waals surface area contributed by atoms with Crippen molar-refractivity contribution < 1.29 is 9.13 Å². The predicted octanol–water partition coefficient (Wildman–Crippen LogP) is 2.85. The number of aromatic nitrogens is 1. The van der Waals surface area contributed by atoms with Crippen LogP contribution < -0.4 is 16.0 Å². The van der Waals surface area contributed by atoms with Crippen LogP contribution in [0.5, 0.6) is 5.75 Å². The van der Waals surface area contributed by atoms with Crippen molar-refractivity contribution in [2.75, 3.05) is 5.43 Å². The van der Waals surface area contributed by atoms with Crippen LogP contribution in [0.1, 0.15) is 5.56 Å². The molecule has 0 radical (unpaired) electrons. The van der Waals surface area contributed by atoms with Crippen molar-refractivity contribution >= 4 is 21.7 Å². The number of hydrogen-bond acceptors (Lipinski definition) is 4. The standard InChI is InChI=1S/C12H11BrFN3O/c13-9-4-10(14)6-11(5-9)18-7-8-2-1-3-16-12(8)17-15/h1-6H,7,15H2,(H,16,17). The molecule has 0 fully saturated rings. The number of hydrogen-bond donors (Lipinski definition) is 2. The summed E-state index contributed by atoms with van der Waals surface area (Å²) in [4.78, 5) is 4.05. The topological polar surface area (TPSA) is 60.2 Å². The van der Waals surface area contributed by atoms with Gasteiger partial charge in [-0.25, -0.2) is 15.2 Å². The summed E-state index contributed by atoms with van der Waals surface area (Å²) in [6, 6.07) is 7.98. The number of nitrogens with two attached hydrogens (primary N) is 1. The van der Waals surface area contributed by atoms with Gasteiger partial charge in [0.05, 0.1) is 0 Å². The van der Waals surface area contributed by atoms with Gasteiger partial charge in [-0.05, 0) is 18.2 Å². The third-order valence-corrected chi connectivity index (χ3v) is 2.72. The van der Waals surface area contributed by atoms with Crippen molar-refractivity contribution in [1.82, 2.24) is 4.98 Å². The van der Waals surface area contributed by atoms with Crippen molar-refractivity contribution in [1.29, 1.82) is 0 Å². The summed E-state index contributed by atoms with van der Waals surface area (Å²) >= 11 is 3.20. The Kier molecular flexibility index (Phi) is 4.11. The largest absolute Gasteiger partial charge is 0.489 e. The minimum absolute atomic E-state index is 0.253. The summed E-state index contributed by atoms with van der Waals surface area (Å²) in [7, 11) is 0. The van der Waals surface area contributed by atoms with E-state index in [2.05, 4.69) is 26.3 Å². The molecule has 3 N–H and O–H groups in total. The normalized spacial score (nSPS) is 10.2. The van der Waals surface area contributed by atoms with Crippen LogP contribution in [0.25, 0.3) is 0 Å². The van der Waals surface area contributed by atoms with Crippen LogP contribution in [0.15, 0.2) is 41.0 Å². The van der Waals surface area contributed by atoms with E-state index >= 15 is 0 Å². The number of rotatable bonds is 4. The van der Waals surface area contributed by atoms with Gasteiger partial charge in [-0.3, -0.25) is 0 Å². The zero-order valence-corrected chi connectivity index (χ0v) is 10.9. The highest BCUT2D eigenvalue weighted by atomic mass is 79.9. The second-order valence-corrected chi connectivity index (χ2v) is 4.46. The lowest BCUT2D eigenvalue weighted by atomic mass is 10.2. The summed E-state index contributed by atoms with van der Waals surface area (Å²) in [6.07, 6.45) is 1.62. The first-order valence-corrected chi connectivity index (χ1v) is 5.98. The number of anilines is 1. The number of ether oxygens (including phenoxy) is 1. The summed E-state index contributed by atoms with van der Waals surface area (Å²) in [6.45, 7) is 0.253. The van der Waals surface area contributed by atoms with E-state index in [9.17, 15) is 4.39 Å². The maximum Gasteiger partial charge on any atom is 0.146 e. The highest BCUT2D eigenvalue weighted by Crippen LogP contribution is 2.22. The van der Waals surface area contributed by atoms with E-state index in [0.29, 0.717) is 16.0 Å². The molecule has 0 saturated carbocycles. The van der Waals surface area contributed by atoms with Crippen LogP contribution in [0.3, 0.4) is 0 Å². The molecule has 0 aliphatic rings. The summed E-state index contributed by atoms with van der Waals surface area (Å²) in [5, 5.41) is 0. The second kappa shape index (κ2) is 5.79. The minimum atomic E-state index is -0.359. The van der Waals surface area contributed by atoms with Crippen LogP contribution in [0, 0.1) is 5.82 Å². The van der Waals surface area contributed by atoms with E-state index in [4.69, 9.17) is 10.6 Å². The van der Waals surface area contributed by atoms with E-state index in [1.54, 1.807) is 18.3 Å². The lowest BCUT2D eigenvalue weighted by molar-refractivity contribution is 0.304. The molecule has 2 rings (SSSR count). The molecule has 0 aliphatic heterocycles. The molecule has 0 aliphatic carbocycles. The quantitative estimate of drug-likeness (QED) is 0.673. The summed E-state index contributed by atoms with van der Waals surface area (Å²) in [5.74, 6) is 5.95. The predicted molar refractivity (Wildman–Crippen MR) is 70.5 cm³/mol. The van der Waals surface area contributed by atoms with E-state index in [0.717, 1.165) is 5.56 Å². The van der Waals surface area contributed by atoms with E-state index in [1.165, 1.54) is 12.1 Å². The maximum atomic E-state index is 13.1. The Morgan fingerprint density at radius 2 is 2.22 bits per heavy atom. The van der Waals surface area contributed by atoms with Gasteiger partial charge in [0.15, 0.2) is 0 Å². The molecule has 94 valence electrons. The van der Waals surface area contributed by atoms with Gasteiger partial charge in [-0.2, -0.15) is 0 Å². The van der Waals surface area contributed by atoms with Crippen LogP contribution in [-0.2, 0) is 6.61 Å². The third kappa shape index (κ3) is 3.18. The molecule has 1 aromatic carbocycles. The summed E-state index contributed by atoms with van der Waals surface area (Å²) in [5.41, 5.74) is 3.27. The molecular weight excluding hydrogens is 301 g/mol. The minimum Gasteiger partial charge on any atom is -0.489 e. The molecule has 0 spiro atoms. The van der Waals surface area contributed by atoms with Crippen molar-refractivity contribution in [2.24, 2.45) is 5.84 Å². The summed E-state index contributed by atoms with van der Waals surface area (Å²) < 4.78 is 19.3. The number of nitrogens with zero attached hydrogens (tertiary/aromatic N) is 1. The van der Waals surface area contributed by atoms with Gasteiger partial charge < -0.3 is 10.2 Å². The van der Waals surface area contributed by atoms with Gasteiger partial charge in [0.1, 0.15) is 24.0 Å². The fourth-order valence-electron chi connectivity index (χ4n) is 1.46. The molecule has 0 saturated heterocycles. The van der Waals surface area contributed by atoms with Crippen molar-refractivity contribution in [2.45, 2.75) is 6.61 Å². The van der Waals surface area contributed by atoms with Crippen LogP contribution >= 0.6 is 15.9 Å². The Morgan fingerprint density at radius 3 is 2.94 bits per heavy atom. The number of halogens is 2. The van der Waals surface area contributed by atoms with Gasteiger partial charge in [0.25, 0.3) is 0 Å². The monoisotopic (exact) mass is 311 g/mol. The Labute approximate surface area is 112 Å². The Morgan fingerprint density at radius 1 is 1.39 bits per heavy atom. The molecule has 0 bridgehead atoms. The molecule has 2 aromatic rings. The van der Waals surface area contributed by atoms with E-state index < -0.39 is 0 Å². The highest BCUT2D eigenvalue weighted by molar-refractivity contribution is 9.10.